The van der Waals surface area contributed by atoms with E-state index in [-0.39, 0.29) is 0 Å². The Labute approximate surface area is 175 Å². The molecule has 26 heavy (non-hydrogen) atoms. The number of halogens is 3. The van der Waals surface area contributed by atoms with Gasteiger partial charge in [-0.15, -0.1) is 0 Å². The molecule has 0 saturated heterocycles. The third kappa shape index (κ3) is 4.25. The van der Waals surface area contributed by atoms with E-state index in [2.05, 4.69) is 43.3 Å². The van der Waals surface area contributed by atoms with E-state index >= 15 is 0 Å². The van der Waals surface area contributed by atoms with Crippen LogP contribution in [0.15, 0.2) is 72.8 Å². The van der Waals surface area contributed by atoms with Crippen LogP contribution in [-0.4, -0.2) is 18.4 Å². The molecule has 0 nitrogen and oxygen atoms in total. The summed E-state index contributed by atoms with van der Waals surface area (Å²) in [4.78, 5) is 0. The van der Waals surface area contributed by atoms with E-state index in [1.54, 1.807) is 0 Å². The van der Waals surface area contributed by atoms with Crippen molar-refractivity contribution in [3.63, 3.8) is 0 Å². The van der Waals surface area contributed by atoms with Crippen molar-refractivity contribution in [2.24, 2.45) is 0 Å². The molecule has 0 N–H and O–H groups in total. The Morgan fingerprint density at radius 1 is 0.577 bits per heavy atom. The number of hydrogen-bond donors (Lipinski definition) is 0. The molecule has 0 heterocycles. The summed E-state index contributed by atoms with van der Waals surface area (Å²) < 4.78 is 5.50. The minimum atomic E-state index is -3.17. The fourth-order valence-corrected chi connectivity index (χ4v) is 18.1. The van der Waals surface area contributed by atoms with Crippen LogP contribution < -0.4 is 10.7 Å². The Hall–Kier alpha value is -0.671. The van der Waals surface area contributed by atoms with Crippen LogP contribution in [0.4, 0.5) is 0 Å². The second kappa shape index (κ2) is 9.01. The van der Waals surface area contributed by atoms with Gasteiger partial charge in [0.15, 0.2) is 0 Å². The van der Waals surface area contributed by atoms with Gasteiger partial charge in [0.25, 0.3) is 0 Å². The van der Waals surface area contributed by atoms with Crippen LogP contribution in [0.1, 0.15) is 19.8 Å². The summed E-state index contributed by atoms with van der Waals surface area (Å²) in [5, 5.41) is 2.32. The molecule has 3 rings (SSSR count). The average molecular weight is 510 g/mol. The molecule has 0 radical (unpaired) electrons. The van der Waals surface area contributed by atoms with Gasteiger partial charge in [-0.1, -0.05) is 0 Å². The van der Waals surface area contributed by atoms with E-state index in [0.29, 0.717) is 0 Å². The molecule has 0 aromatic heterocycles. The van der Waals surface area contributed by atoms with E-state index in [1.165, 1.54) is 28.0 Å². The molecule has 3 aromatic rings. The van der Waals surface area contributed by atoms with Crippen molar-refractivity contribution in [1.82, 2.24) is 0 Å². The Bertz CT molecular complexity index is 729. The number of rotatable bonds is 6. The fraction of sp³-hybridized carbons (Fsp3) is 0.182. The summed E-state index contributed by atoms with van der Waals surface area (Å²) >= 11 is 15.4. The molecule has 0 spiro atoms. The van der Waals surface area contributed by atoms with Gasteiger partial charge in [-0.05, 0) is 0 Å². The van der Waals surface area contributed by atoms with Crippen molar-refractivity contribution in [2.75, 3.05) is 0 Å². The van der Waals surface area contributed by atoms with Crippen molar-refractivity contribution in [1.29, 1.82) is 0 Å². The van der Waals surface area contributed by atoms with Crippen molar-refractivity contribution >= 4 is 63.9 Å². The van der Waals surface area contributed by atoms with Gasteiger partial charge in [-0.3, -0.25) is 0 Å². The zero-order chi connectivity index (χ0) is 18.6. The van der Waals surface area contributed by atoms with Crippen LogP contribution in [0.2, 0.25) is 19.5 Å². The van der Waals surface area contributed by atoms with Gasteiger partial charge < -0.3 is 0 Å². The molecule has 4 heteroatoms. The van der Waals surface area contributed by atoms with E-state index in [1.807, 2.05) is 36.4 Å². The first-order chi connectivity index (χ1) is 12.6. The second-order valence-electron chi connectivity index (χ2n) is 6.53. The monoisotopic (exact) mass is 510 g/mol. The third-order valence-electron chi connectivity index (χ3n) is 4.92. The molecule has 3 aromatic carbocycles. The van der Waals surface area contributed by atoms with Crippen molar-refractivity contribution in [3.05, 3.63) is 87.9 Å². The van der Waals surface area contributed by atoms with Crippen LogP contribution in [0.5, 0.6) is 0 Å². The summed E-state index contributed by atoms with van der Waals surface area (Å²) in [6.07, 6.45) is 2.37. The van der Waals surface area contributed by atoms with Crippen LogP contribution in [0.3, 0.4) is 0 Å². The maximum atomic E-state index is 6.19. The molecule has 0 amide bonds. The predicted octanol–water partition coefficient (Wildman–Crippen LogP) is 5.92. The fourth-order valence-electron chi connectivity index (χ4n) is 3.58. The van der Waals surface area contributed by atoms with E-state index in [4.69, 9.17) is 34.8 Å². The van der Waals surface area contributed by atoms with Gasteiger partial charge in [-0.25, -0.2) is 0 Å². The summed E-state index contributed by atoms with van der Waals surface area (Å²) in [5.41, 5.74) is 0. The first-order valence-electron chi connectivity index (χ1n) is 8.84. The van der Waals surface area contributed by atoms with Crippen LogP contribution in [-0.2, 0) is 0 Å². The SMILES string of the molecule is CCC[CH2][Sn]([c]1ccc(Cl)cc1)([c]1ccc(Cl)cc1)[c]1ccc(Cl)cc1. The van der Waals surface area contributed by atoms with E-state index < -0.39 is 18.4 Å². The zero-order valence-corrected chi connectivity index (χ0v) is 19.8. The van der Waals surface area contributed by atoms with Crippen LogP contribution in [0.25, 0.3) is 0 Å². The van der Waals surface area contributed by atoms with Crippen molar-refractivity contribution in [3.8, 4) is 0 Å². The molecule has 0 fully saturated rings. The van der Waals surface area contributed by atoms with E-state index in [0.717, 1.165) is 15.1 Å². The maximum absolute atomic E-state index is 6.19. The number of hydrogen-bond acceptors (Lipinski definition) is 0. The Kier molecular flexibility index (Phi) is 6.96. The summed E-state index contributed by atoms with van der Waals surface area (Å²) in [5.74, 6) is 0. The molecule has 0 saturated carbocycles. The molecule has 0 aliphatic rings. The normalized spacial score (nSPS) is 11.5. The van der Waals surface area contributed by atoms with Gasteiger partial charge in [0.2, 0.25) is 0 Å². The summed E-state index contributed by atoms with van der Waals surface area (Å²) in [7, 11) is 0. The first-order valence-corrected chi connectivity index (χ1v) is 16.3. The molecule has 0 unspecified atom stereocenters. The topological polar surface area (TPSA) is 0 Å². The molecule has 134 valence electrons. The van der Waals surface area contributed by atoms with Gasteiger partial charge in [-0.2, -0.15) is 0 Å². The molecule has 0 atom stereocenters. The van der Waals surface area contributed by atoms with Crippen molar-refractivity contribution < 1.29 is 0 Å². The molecule has 0 bridgehead atoms. The second-order valence-corrected chi connectivity index (χ2v) is 19.4. The summed E-state index contributed by atoms with van der Waals surface area (Å²) in [6.45, 7) is 2.25. The minimum absolute atomic E-state index is 0.775. The standard InChI is InChI=1S/3C6H4Cl.C4H9.Sn/c3*7-6-4-2-1-3-5-6;1-3-4-2;/h3*2-5H;1,3-4H2,2H3;. The molecular formula is C22H21Cl3Sn. The van der Waals surface area contributed by atoms with E-state index in [9.17, 15) is 0 Å². The van der Waals surface area contributed by atoms with Crippen LogP contribution >= 0.6 is 34.8 Å². The van der Waals surface area contributed by atoms with Gasteiger partial charge in [0.1, 0.15) is 0 Å². The van der Waals surface area contributed by atoms with Gasteiger partial charge in [0.05, 0.1) is 0 Å². The zero-order valence-electron chi connectivity index (χ0n) is 14.7. The third-order valence-corrected chi connectivity index (χ3v) is 20.1. The van der Waals surface area contributed by atoms with Gasteiger partial charge >= 0.3 is 176 Å². The Morgan fingerprint density at radius 2 is 0.885 bits per heavy atom. The Balaban J connectivity index is 2.27. The molecule has 0 aliphatic carbocycles. The van der Waals surface area contributed by atoms with Crippen molar-refractivity contribution in [2.45, 2.75) is 24.2 Å². The molecule has 0 aliphatic heterocycles. The Morgan fingerprint density at radius 3 is 1.15 bits per heavy atom. The van der Waals surface area contributed by atoms with Crippen LogP contribution in [0, 0.1) is 0 Å². The summed E-state index contributed by atoms with van der Waals surface area (Å²) in [6, 6.07) is 25.4. The average Bonchev–Trinajstić information content (AvgIpc) is 2.66. The first kappa shape index (κ1) is 20.1. The number of unbranched alkanes of at least 4 members (excludes halogenated alkanes) is 1. The quantitative estimate of drug-likeness (QED) is 0.362. The molecular weight excluding hydrogens is 489 g/mol. The number of benzene rings is 3. The van der Waals surface area contributed by atoms with Gasteiger partial charge in [0, 0.05) is 0 Å². The predicted molar refractivity (Wildman–Crippen MR) is 119 cm³/mol.